The highest BCUT2D eigenvalue weighted by atomic mass is 16.2. The smallest absolute Gasteiger partial charge is 0.225 e. The van der Waals surface area contributed by atoms with Gasteiger partial charge in [0.2, 0.25) is 11.9 Å². The van der Waals surface area contributed by atoms with Crippen molar-refractivity contribution < 1.29 is 4.79 Å². The molecule has 2 aliphatic heterocycles. The third kappa shape index (κ3) is 2.54. The van der Waals surface area contributed by atoms with Crippen LogP contribution >= 0.6 is 0 Å². The van der Waals surface area contributed by atoms with E-state index in [1.165, 1.54) is 5.56 Å². The minimum atomic E-state index is -0.149. The second-order valence-corrected chi connectivity index (χ2v) is 6.28. The van der Waals surface area contributed by atoms with E-state index in [0.29, 0.717) is 6.42 Å². The molecule has 2 saturated heterocycles. The number of nitrogens with one attached hydrogen (secondary N) is 1. The fraction of sp³-hybridized carbons (Fsp3) is 0.412. The fourth-order valence-corrected chi connectivity index (χ4v) is 3.86. The fourth-order valence-electron chi connectivity index (χ4n) is 3.86. The number of carbonyl (C=O) groups is 1. The third-order valence-corrected chi connectivity index (χ3v) is 5.04. The monoisotopic (exact) mass is 309 g/mol. The Balaban J connectivity index is 1.56. The molecule has 1 spiro atoms. The normalized spacial score (nSPS) is 23.0. The number of nitrogens with zero attached hydrogens (tertiary/aromatic N) is 4. The molecule has 6 heteroatoms. The maximum absolute atomic E-state index is 12.1. The lowest BCUT2D eigenvalue weighted by molar-refractivity contribution is -0.119. The molecular formula is C17H19N5O. The number of hydrogen-bond acceptors (Lipinski definition) is 5. The summed E-state index contributed by atoms with van der Waals surface area (Å²) in [5, 5.41) is 3.26. The number of hydrogen-bond donors (Lipinski definition) is 1. The molecule has 118 valence electrons. The summed E-state index contributed by atoms with van der Waals surface area (Å²) in [5.74, 6) is 1.14. The Bertz CT molecular complexity index is 683. The highest BCUT2D eigenvalue weighted by molar-refractivity contribution is 5.81. The summed E-state index contributed by atoms with van der Waals surface area (Å²) in [6.07, 6.45) is 9.52. The number of amides is 1. The van der Waals surface area contributed by atoms with E-state index in [0.717, 1.165) is 31.9 Å². The Hall–Kier alpha value is -2.50. The maximum atomic E-state index is 12.1. The minimum absolute atomic E-state index is 0.149. The molecule has 1 atom stereocenters. The van der Waals surface area contributed by atoms with Crippen LogP contribution in [0.25, 0.3) is 0 Å². The van der Waals surface area contributed by atoms with Crippen LogP contribution in [0.1, 0.15) is 30.7 Å². The van der Waals surface area contributed by atoms with Gasteiger partial charge in [-0.25, -0.2) is 9.97 Å². The van der Waals surface area contributed by atoms with Gasteiger partial charge in [-0.3, -0.25) is 9.78 Å². The zero-order valence-electron chi connectivity index (χ0n) is 12.9. The summed E-state index contributed by atoms with van der Waals surface area (Å²) in [5.41, 5.74) is 1.05. The molecule has 23 heavy (non-hydrogen) atoms. The van der Waals surface area contributed by atoms with Crippen molar-refractivity contribution in [3.8, 4) is 0 Å². The second-order valence-electron chi connectivity index (χ2n) is 6.28. The summed E-state index contributed by atoms with van der Waals surface area (Å²) >= 11 is 0. The maximum Gasteiger partial charge on any atom is 0.225 e. The van der Waals surface area contributed by atoms with E-state index in [1.807, 2.05) is 18.2 Å². The average Bonchev–Trinajstić information content (AvgIpc) is 2.93. The SMILES string of the molecule is O=C1CC(c2ccncc2)C2(CCN(c3ncccn3)CC2)N1. The molecule has 4 rings (SSSR count). The van der Waals surface area contributed by atoms with E-state index < -0.39 is 0 Å². The number of aromatic nitrogens is 3. The number of piperidine rings is 1. The Kier molecular flexibility index (Phi) is 3.44. The Labute approximate surface area is 135 Å². The number of anilines is 1. The van der Waals surface area contributed by atoms with Crippen molar-refractivity contribution in [1.29, 1.82) is 0 Å². The van der Waals surface area contributed by atoms with Crippen molar-refractivity contribution in [3.05, 3.63) is 48.5 Å². The van der Waals surface area contributed by atoms with Crippen LogP contribution in [0.2, 0.25) is 0 Å². The molecule has 0 saturated carbocycles. The zero-order chi connectivity index (χ0) is 15.7. The van der Waals surface area contributed by atoms with Gasteiger partial charge < -0.3 is 10.2 Å². The highest BCUT2D eigenvalue weighted by Crippen LogP contribution is 2.43. The quantitative estimate of drug-likeness (QED) is 0.910. The van der Waals surface area contributed by atoms with Gasteiger partial charge in [-0.1, -0.05) is 0 Å². The van der Waals surface area contributed by atoms with Gasteiger partial charge in [0.05, 0.1) is 5.54 Å². The lowest BCUT2D eigenvalue weighted by Gasteiger charge is -2.42. The molecule has 1 unspecified atom stereocenters. The molecule has 6 nitrogen and oxygen atoms in total. The third-order valence-electron chi connectivity index (χ3n) is 5.04. The first-order valence-corrected chi connectivity index (χ1v) is 8.00. The van der Waals surface area contributed by atoms with E-state index in [4.69, 9.17) is 0 Å². The van der Waals surface area contributed by atoms with Crippen LogP contribution in [0, 0.1) is 0 Å². The summed E-state index contributed by atoms with van der Waals surface area (Å²) in [4.78, 5) is 27.0. The van der Waals surface area contributed by atoms with Gasteiger partial charge in [0.25, 0.3) is 0 Å². The molecule has 4 heterocycles. The first-order valence-electron chi connectivity index (χ1n) is 8.00. The largest absolute Gasteiger partial charge is 0.350 e. The van der Waals surface area contributed by atoms with E-state index >= 15 is 0 Å². The molecule has 2 aromatic heterocycles. The Morgan fingerprint density at radius 2 is 1.78 bits per heavy atom. The van der Waals surface area contributed by atoms with Gasteiger partial charge in [-0.2, -0.15) is 0 Å². The standard InChI is InChI=1S/C17H19N5O/c23-15-12-14(13-2-8-18-9-3-13)17(21-15)4-10-22(11-5-17)16-19-6-1-7-20-16/h1-3,6-9,14H,4-5,10-12H2,(H,21,23). The van der Waals surface area contributed by atoms with E-state index in [9.17, 15) is 4.79 Å². The van der Waals surface area contributed by atoms with Crippen LogP contribution in [0.3, 0.4) is 0 Å². The van der Waals surface area contributed by atoms with E-state index in [1.54, 1.807) is 24.8 Å². The van der Waals surface area contributed by atoms with Gasteiger partial charge in [0.1, 0.15) is 0 Å². The molecule has 2 fully saturated rings. The number of pyridine rings is 1. The Morgan fingerprint density at radius 1 is 1.09 bits per heavy atom. The molecule has 0 radical (unpaired) electrons. The predicted octanol–water partition coefficient (Wildman–Crippen LogP) is 1.51. The summed E-state index contributed by atoms with van der Waals surface area (Å²) < 4.78 is 0. The van der Waals surface area contributed by atoms with Gasteiger partial charge in [0, 0.05) is 50.2 Å². The number of rotatable bonds is 2. The van der Waals surface area contributed by atoms with E-state index in [2.05, 4.69) is 25.2 Å². The zero-order valence-corrected chi connectivity index (χ0v) is 12.9. The predicted molar refractivity (Wildman–Crippen MR) is 85.9 cm³/mol. The minimum Gasteiger partial charge on any atom is -0.350 e. The summed E-state index contributed by atoms with van der Waals surface area (Å²) in [6, 6.07) is 5.88. The lowest BCUT2D eigenvalue weighted by atomic mass is 9.74. The lowest BCUT2D eigenvalue weighted by Crippen LogP contribution is -2.53. The van der Waals surface area contributed by atoms with Crippen LogP contribution in [0.5, 0.6) is 0 Å². The van der Waals surface area contributed by atoms with Crippen molar-refractivity contribution in [3.63, 3.8) is 0 Å². The van der Waals surface area contributed by atoms with Crippen molar-refractivity contribution in [1.82, 2.24) is 20.3 Å². The van der Waals surface area contributed by atoms with Gasteiger partial charge in [0.15, 0.2) is 0 Å². The molecule has 0 bridgehead atoms. The van der Waals surface area contributed by atoms with Crippen molar-refractivity contribution in [2.24, 2.45) is 0 Å². The molecule has 1 amide bonds. The molecule has 0 aromatic carbocycles. The van der Waals surface area contributed by atoms with Crippen LogP contribution < -0.4 is 10.2 Å². The van der Waals surface area contributed by atoms with Crippen molar-refractivity contribution in [2.45, 2.75) is 30.7 Å². The van der Waals surface area contributed by atoms with Gasteiger partial charge in [-0.05, 0) is 36.6 Å². The van der Waals surface area contributed by atoms with Crippen LogP contribution in [0.15, 0.2) is 43.0 Å². The number of carbonyl (C=O) groups excluding carboxylic acids is 1. The van der Waals surface area contributed by atoms with Crippen molar-refractivity contribution >= 4 is 11.9 Å². The second kappa shape index (κ2) is 5.61. The van der Waals surface area contributed by atoms with Gasteiger partial charge >= 0.3 is 0 Å². The van der Waals surface area contributed by atoms with Crippen LogP contribution in [-0.4, -0.2) is 39.5 Å². The average molecular weight is 309 g/mol. The van der Waals surface area contributed by atoms with Gasteiger partial charge in [-0.15, -0.1) is 0 Å². The first-order chi connectivity index (χ1) is 11.3. The summed E-state index contributed by atoms with van der Waals surface area (Å²) in [7, 11) is 0. The van der Waals surface area contributed by atoms with Crippen molar-refractivity contribution in [2.75, 3.05) is 18.0 Å². The molecule has 2 aliphatic rings. The molecule has 0 aliphatic carbocycles. The Morgan fingerprint density at radius 3 is 2.48 bits per heavy atom. The van der Waals surface area contributed by atoms with E-state index in [-0.39, 0.29) is 17.4 Å². The van der Waals surface area contributed by atoms with Crippen LogP contribution in [0.4, 0.5) is 5.95 Å². The highest BCUT2D eigenvalue weighted by Gasteiger charge is 2.48. The van der Waals surface area contributed by atoms with Crippen LogP contribution in [-0.2, 0) is 4.79 Å². The molecular weight excluding hydrogens is 290 g/mol. The summed E-state index contributed by atoms with van der Waals surface area (Å²) in [6.45, 7) is 1.71. The molecule has 2 aromatic rings. The first kappa shape index (κ1) is 14.1. The topological polar surface area (TPSA) is 71.0 Å². The molecule has 1 N–H and O–H groups in total.